The van der Waals surface area contributed by atoms with Gasteiger partial charge in [0.05, 0.1) is 11.3 Å². The molecule has 0 bridgehead atoms. The zero-order valence-corrected chi connectivity index (χ0v) is 17.6. The first-order valence-electron chi connectivity index (χ1n) is 10.5. The Labute approximate surface area is 180 Å². The molecule has 1 aromatic heterocycles. The summed E-state index contributed by atoms with van der Waals surface area (Å²) in [5, 5.41) is 9.42. The smallest absolute Gasteiger partial charge is 0.254 e. The van der Waals surface area contributed by atoms with Crippen molar-refractivity contribution in [2.75, 3.05) is 10.6 Å². The Bertz CT molecular complexity index is 1150. The highest BCUT2D eigenvalue weighted by Gasteiger charge is 2.27. The quantitative estimate of drug-likeness (QED) is 0.569. The molecule has 2 aromatic carbocycles. The summed E-state index contributed by atoms with van der Waals surface area (Å²) in [6, 6.07) is 13.9. The molecule has 1 aliphatic heterocycles. The third-order valence-corrected chi connectivity index (χ3v) is 5.33. The summed E-state index contributed by atoms with van der Waals surface area (Å²) in [4.78, 5) is 37.3. The lowest BCUT2D eigenvalue weighted by molar-refractivity contribution is -0.118. The van der Waals surface area contributed by atoms with Crippen molar-refractivity contribution in [2.24, 2.45) is 5.92 Å². The maximum Gasteiger partial charge on any atom is 0.254 e. The Morgan fingerprint density at radius 3 is 2.74 bits per heavy atom. The van der Waals surface area contributed by atoms with Crippen molar-refractivity contribution in [2.45, 2.75) is 39.3 Å². The van der Waals surface area contributed by atoms with Crippen LogP contribution in [0.5, 0.6) is 0 Å². The summed E-state index contributed by atoms with van der Waals surface area (Å²) in [5.41, 5.74) is 2.74. The number of aromatic nitrogens is 1. The van der Waals surface area contributed by atoms with Crippen LogP contribution in [-0.2, 0) is 16.1 Å². The van der Waals surface area contributed by atoms with Gasteiger partial charge in [0.2, 0.25) is 11.8 Å². The lowest BCUT2D eigenvalue weighted by atomic mass is 10.1. The van der Waals surface area contributed by atoms with E-state index in [1.807, 2.05) is 24.3 Å². The fourth-order valence-electron chi connectivity index (χ4n) is 3.84. The highest BCUT2D eigenvalue weighted by atomic mass is 16.2. The minimum absolute atomic E-state index is 0.112. The van der Waals surface area contributed by atoms with Crippen molar-refractivity contribution in [1.29, 1.82) is 0 Å². The van der Waals surface area contributed by atoms with Gasteiger partial charge in [-0.1, -0.05) is 26.0 Å². The minimum Gasteiger partial charge on any atom is -0.347 e. The molecular weight excluding hydrogens is 392 g/mol. The Kier molecular flexibility index (Phi) is 5.75. The molecular formula is C24H26N4O3. The van der Waals surface area contributed by atoms with Gasteiger partial charge in [-0.15, -0.1) is 0 Å². The molecule has 0 radical (unpaired) electrons. The number of nitrogens with zero attached hydrogens (tertiary/aromatic N) is 1. The maximum atomic E-state index is 12.5. The second-order valence-corrected chi connectivity index (χ2v) is 8.28. The third-order valence-electron chi connectivity index (χ3n) is 5.33. The second-order valence-electron chi connectivity index (χ2n) is 8.28. The average Bonchev–Trinajstić information content (AvgIpc) is 3.06. The van der Waals surface area contributed by atoms with E-state index in [1.165, 1.54) is 0 Å². The van der Waals surface area contributed by atoms with E-state index in [0.717, 1.165) is 17.4 Å². The largest absolute Gasteiger partial charge is 0.347 e. The number of anilines is 2. The van der Waals surface area contributed by atoms with Gasteiger partial charge in [0.25, 0.3) is 5.91 Å². The van der Waals surface area contributed by atoms with E-state index in [2.05, 4.69) is 40.6 Å². The van der Waals surface area contributed by atoms with Crippen LogP contribution in [0.15, 0.2) is 54.7 Å². The summed E-state index contributed by atoms with van der Waals surface area (Å²) in [6.45, 7) is 5.29. The van der Waals surface area contributed by atoms with Crippen LogP contribution < -0.4 is 16.0 Å². The second kappa shape index (κ2) is 8.63. The van der Waals surface area contributed by atoms with Crippen LogP contribution in [0.2, 0.25) is 0 Å². The van der Waals surface area contributed by atoms with Gasteiger partial charge in [-0.05, 0) is 48.7 Å². The number of carbonyl (C=O) groups is 3. The fraction of sp³-hybridized carbons (Fsp3) is 0.292. The summed E-state index contributed by atoms with van der Waals surface area (Å²) >= 11 is 0. The number of benzene rings is 2. The highest BCUT2D eigenvalue weighted by molar-refractivity contribution is 6.10. The summed E-state index contributed by atoms with van der Waals surface area (Å²) in [7, 11) is 0. The minimum atomic E-state index is -0.766. The van der Waals surface area contributed by atoms with Crippen LogP contribution in [0.3, 0.4) is 0 Å². The number of hydrogen-bond acceptors (Lipinski definition) is 3. The Morgan fingerprint density at radius 2 is 1.94 bits per heavy atom. The van der Waals surface area contributed by atoms with E-state index in [0.29, 0.717) is 22.9 Å². The van der Waals surface area contributed by atoms with Crippen molar-refractivity contribution in [1.82, 2.24) is 9.88 Å². The van der Waals surface area contributed by atoms with Crippen LogP contribution in [0.4, 0.5) is 11.4 Å². The van der Waals surface area contributed by atoms with Crippen molar-refractivity contribution < 1.29 is 14.4 Å². The third kappa shape index (κ3) is 4.60. The molecule has 2 heterocycles. The summed E-state index contributed by atoms with van der Waals surface area (Å²) in [6.07, 6.45) is 2.38. The van der Waals surface area contributed by atoms with Gasteiger partial charge in [0.1, 0.15) is 6.04 Å². The molecule has 1 atom stereocenters. The molecule has 0 unspecified atom stereocenters. The number of rotatable bonds is 6. The van der Waals surface area contributed by atoms with E-state index < -0.39 is 6.04 Å². The number of para-hydroxylation sites is 1. The molecule has 3 aromatic rings. The summed E-state index contributed by atoms with van der Waals surface area (Å²) < 4.78 is 2.21. The van der Waals surface area contributed by atoms with E-state index in [9.17, 15) is 14.4 Å². The van der Waals surface area contributed by atoms with E-state index in [4.69, 9.17) is 0 Å². The molecule has 7 heteroatoms. The van der Waals surface area contributed by atoms with Gasteiger partial charge in [-0.2, -0.15) is 0 Å². The predicted molar refractivity (Wildman–Crippen MR) is 121 cm³/mol. The van der Waals surface area contributed by atoms with Gasteiger partial charge >= 0.3 is 0 Å². The number of hydrogen-bond donors (Lipinski definition) is 3. The SMILES string of the molecule is CC(C)Cn1ccc2cc(NC(=O)CC[C@@H]3NC(=O)c4ccccc4NC3=O)ccc21. The van der Waals surface area contributed by atoms with Crippen molar-refractivity contribution in [3.8, 4) is 0 Å². The van der Waals surface area contributed by atoms with Crippen LogP contribution in [0.1, 0.15) is 37.0 Å². The molecule has 3 N–H and O–H groups in total. The molecule has 0 aliphatic carbocycles. The van der Waals surface area contributed by atoms with Crippen molar-refractivity contribution >= 4 is 40.0 Å². The molecule has 0 spiro atoms. The van der Waals surface area contributed by atoms with Crippen molar-refractivity contribution in [3.63, 3.8) is 0 Å². The zero-order chi connectivity index (χ0) is 22.0. The number of carbonyl (C=O) groups excluding carboxylic acids is 3. The molecule has 7 nitrogen and oxygen atoms in total. The normalized spacial score (nSPS) is 15.9. The first-order chi connectivity index (χ1) is 14.9. The first-order valence-corrected chi connectivity index (χ1v) is 10.5. The number of fused-ring (bicyclic) bond motifs is 2. The van der Waals surface area contributed by atoms with Gasteiger partial charge in [0.15, 0.2) is 0 Å². The van der Waals surface area contributed by atoms with Gasteiger partial charge in [0, 0.05) is 35.8 Å². The fourth-order valence-corrected chi connectivity index (χ4v) is 3.84. The first kappa shape index (κ1) is 20.7. The lowest BCUT2D eigenvalue weighted by Crippen LogP contribution is -2.41. The van der Waals surface area contributed by atoms with Crippen LogP contribution in [0.25, 0.3) is 10.9 Å². The standard InChI is InChI=1S/C24H26N4O3/c1-15(2)14-28-12-11-16-13-17(7-9-21(16)28)25-22(29)10-8-20-24(31)26-19-6-4-3-5-18(19)23(30)27-20/h3-7,9,11-13,15,20H,8,10,14H2,1-2H3,(H,25,29)(H,26,31)(H,27,30)/t20-/m0/s1. The van der Waals surface area contributed by atoms with Crippen LogP contribution in [0, 0.1) is 5.92 Å². The van der Waals surface area contributed by atoms with Gasteiger partial charge in [-0.3, -0.25) is 14.4 Å². The Hall–Kier alpha value is -3.61. The van der Waals surface area contributed by atoms with E-state index in [1.54, 1.807) is 24.3 Å². The van der Waals surface area contributed by atoms with Gasteiger partial charge in [-0.25, -0.2) is 0 Å². The number of amides is 3. The molecule has 31 heavy (non-hydrogen) atoms. The molecule has 0 saturated carbocycles. The molecule has 1 aliphatic rings. The zero-order valence-electron chi connectivity index (χ0n) is 17.6. The average molecular weight is 418 g/mol. The van der Waals surface area contributed by atoms with E-state index in [-0.39, 0.29) is 30.6 Å². The van der Waals surface area contributed by atoms with E-state index >= 15 is 0 Å². The van der Waals surface area contributed by atoms with Crippen molar-refractivity contribution in [3.05, 3.63) is 60.3 Å². The Morgan fingerprint density at radius 1 is 1.13 bits per heavy atom. The predicted octanol–water partition coefficient (Wildman–Crippen LogP) is 3.77. The monoisotopic (exact) mass is 418 g/mol. The van der Waals surface area contributed by atoms with Crippen LogP contribution >= 0.6 is 0 Å². The molecule has 0 fully saturated rings. The summed E-state index contributed by atoms with van der Waals surface area (Å²) in [5.74, 6) is -0.302. The molecule has 3 amide bonds. The topological polar surface area (TPSA) is 92.2 Å². The maximum absolute atomic E-state index is 12.5. The van der Waals surface area contributed by atoms with Crippen LogP contribution in [-0.4, -0.2) is 28.3 Å². The molecule has 0 saturated heterocycles. The lowest BCUT2D eigenvalue weighted by Gasteiger charge is -2.14. The molecule has 160 valence electrons. The number of nitrogens with one attached hydrogen (secondary N) is 3. The highest BCUT2D eigenvalue weighted by Crippen LogP contribution is 2.22. The molecule has 4 rings (SSSR count). The Balaban J connectivity index is 1.37. The van der Waals surface area contributed by atoms with Gasteiger partial charge < -0.3 is 20.5 Å².